The van der Waals surface area contributed by atoms with Crippen LogP contribution in [-0.4, -0.2) is 102 Å². The van der Waals surface area contributed by atoms with E-state index in [2.05, 4.69) is 32.9 Å². The predicted octanol–water partition coefficient (Wildman–Crippen LogP) is 4.34. The summed E-state index contributed by atoms with van der Waals surface area (Å²) in [6.07, 6.45) is 0. The Balaban J connectivity index is 7.12. The normalized spacial score (nSPS) is 11.6. The van der Waals surface area contributed by atoms with Crippen molar-refractivity contribution in [1.82, 2.24) is 0 Å². The molecule has 302 valence electrons. The zero-order valence-corrected chi connectivity index (χ0v) is 33.3. The van der Waals surface area contributed by atoms with Crippen LogP contribution in [0.25, 0.3) is 0 Å². The van der Waals surface area contributed by atoms with Crippen molar-refractivity contribution in [3.63, 3.8) is 0 Å². The number of carbonyl (C=O) groups is 7. The van der Waals surface area contributed by atoms with Crippen molar-refractivity contribution >= 4 is 41.8 Å². The number of hydrogen-bond donors (Lipinski definition) is 0. The van der Waals surface area contributed by atoms with Gasteiger partial charge in [-0.1, -0.05) is 32.9 Å². The monoisotopic (exact) mass is 764 g/mol. The summed E-state index contributed by atoms with van der Waals surface area (Å²) in [6, 6.07) is 0. The van der Waals surface area contributed by atoms with Crippen molar-refractivity contribution in [2.45, 2.75) is 62.3 Å². The minimum absolute atomic E-state index is 0.0266. The first-order chi connectivity index (χ1) is 24.7. The van der Waals surface area contributed by atoms with Gasteiger partial charge < -0.3 is 37.9 Å². The van der Waals surface area contributed by atoms with Crippen molar-refractivity contribution in [2.75, 3.05) is 60.0 Å². The first-order valence-electron chi connectivity index (χ1n) is 16.7. The average molecular weight is 765 g/mol. The fraction of sp³-hybridized carbons (Fsp3) is 0.564. The SMILES string of the molecule is C=C(C)C(=O)OCC(COCC(COC(=O)C(=C)C)(COC(=O)C(=C)C)COC(=O)C(C)(C)C(C)(C)C(=O)OC)(COC(=O)C(=C)C)COC(=O)C(=C)C. The van der Waals surface area contributed by atoms with Gasteiger partial charge in [0.05, 0.1) is 42.0 Å². The van der Waals surface area contributed by atoms with Crippen molar-refractivity contribution in [1.29, 1.82) is 0 Å². The Labute approximate surface area is 317 Å². The van der Waals surface area contributed by atoms with Crippen LogP contribution in [-0.2, 0) is 71.5 Å². The van der Waals surface area contributed by atoms with Crippen LogP contribution in [0.2, 0.25) is 0 Å². The Morgan fingerprint density at radius 1 is 0.389 bits per heavy atom. The number of carbonyl (C=O) groups excluding carboxylic acids is 7. The maximum absolute atomic E-state index is 13.6. The third-order valence-corrected chi connectivity index (χ3v) is 8.38. The largest absolute Gasteiger partial charge is 0.469 e. The van der Waals surface area contributed by atoms with Gasteiger partial charge in [0.2, 0.25) is 0 Å². The highest BCUT2D eigenvalue weighted by molar-refractivity contribution is 5.89. The molecule has 0 bridgehead atoms. The van der Waals surface area contributed by atoms with Crippen LogP contribution in [0.3, 0.4) is 0 Å². The molecule has 0 saturated heterocycles. The minimum Gasteiger partial charge on any atom is -0.469 e. The van der Waals surface area contributed by atoms with E-state index in [9.17, 15) is 33.6 Å². The highest BCUT2D eigenvalue weighted by Gasteiger charge is 2.51. The van der Waals surface area contributed by atoms with Gasteiger partial charge in [-0.05, 0) is 62.3 Å². The van der Waals surface area contributed by atoms with E-state index in [-0.39, 0.29) is 27.9 Å². The topological polar surface area (TPSA) is 193 Å². The molecule has 0 spiro atoms. The molecule has 0 N–H and O–H groups in total. The molecule has 0 fully saturated rings. The molecule has 15 nitrogen and oxygen atoms in total. The molecule has 0 aliphatic carbocycles. The van der Waals surface area contributed by atoms with Gasteiger partial charge in [0.15, 0.2) is 0 Å². The second-order valence-electron chi connectivity index (χ2n) is 14.6. The summed E-state index contributed by atoms with van der Waals surface area (Å²) < 4.78 is 43.9. The van der Waals surface area contributed by atoms with E-state index in [0.29, 0.717) is 0 Å². The molecule has 0 saturated carbocycles. The zero-order valence-electron chi connectivity index (χ0n) is 33.3. The van der Waals surface area contributed by atoms with Crippen LogP contribution >= 0.6 is 0 Å². The molecule has 15 heteroatoms. The van der Waals surface area contributed by atoms with Gasteiger partial charge in [0, 0.05) is 27.9 Å². The zero-order chi connectivity index (χ0) is 42.2. The number of ether oxygens (including phenoxy) is 8. The van der Waals surface area contributed by atoms with E-state index in [4.69, 9.17) is 37.9 Å². The Morgan fingerprint density at radius 3 is 0.833 bits per heavy atom. The van der Waals surface area contributed by atoms with E-state index in [0.717, 1.165) is 0 Å². The van der Waals surface area contributed by atoms with Crippen molar-refractivity contribution in [2.24, 2.45) is 21.7 Å². The molecule has 0 aromatic rings. The van der Waals surface area contributed by atoms with Gasteiger partial charge in [-0.2, -0.15) is 0 Å². The lowest BCUT2D eigenvalue weighted by molar-refractivity contribution is -0.183. The lowest BCUT2D eigenvalue weighted by atomic mass is 9.68. The molecular weight excluding hydrogens is 708 g/mol. The number of rotatable bonds is 24. The first-order valence-corrected chi connectivity index (χ1v) is 16.7. The quantitative estimate of drug-likeness (QED) is 0.0765. The van der Waals surface area contributed by atoms with Gasteiger partial charge in [0.1, 0.15) is 39.6 Å². The first kappa shape index (κ1) is 49.0. The molecular formula is C39H56O15. The van der Waals surface area contributed by atoms with Crippen LogP contribution in [0.5, 0.6) is 0 Å². The third-order valence-electron chi connectivity index (χ3n) is 8.38. The van der Waals surface area contributed by atoms with E-state index >= 15 is 0 Å². The van der Waals surface area contributed by atoms with Gasteiger partial charge in [-0.15, -0.1) is 0 Å². The van der Waals surface area contributed by atoms with Crippen molar-refractivity contribution in [3.05, 3.63) is 60.8 Å². The summed E-state index contributed by atoms with van der Waals surface area (Å²) in [5, 5.41) is 0. The molecule has 54 heavy (non-hydrogen) atoms. The van der Waals surface area contributed by atoms with Crippen molar-refractivity contribution in [3.8, 4) is 0 Å². The summed E-state index contributed by atoms with van der Waals surface area (Å²) in [4.78, 5) is 88.9. The Morgan fingerprint density at radius 2 is 0.611 bits per heavy atom. The summed E-state index contributed by atoms with van der Waals surface area (Å²) in [6.45, 7) is 26.5. The second kappa shape index (κ2) is 21.0. The minimum atomic E-state index is -1.65. The van der Waals surface area contributed by atoms with Gasteiger partial charge >= 0.3 is 41.8 Å². The molecule has 0 aliphatic heterocycles. The second-order valence-corrected chi connectivity index (χ2v) is 14.6. The predicted molar refractivity (Wildman–Crippen MR) is 195 cm³/mol. The van der Waals surface area contributed by atoms with Gasteiger partial charge in [-0.3, -0.25) is 9.59 Å². The smallest absolute Gasteiger partial charge is 0.333 e. The van der Waals surface area contributed by atoms with Gasteiger partial charge in [-0.25, -0.2) is 24.0 Å². The lowest BCUT2D eigenvalue weighted by Crippen LogP contribution is -2.50. The number of methoxy groups -OCH3 is 1. The molecule has 0 aliphatic rings. The summed E-state index contributed by atoms with van der Waals surface area (Å²) in [7, 11) is 1.18. The number of esters is 7. The van der Waals surface area contributed by atoms with Crippen molar-refractivity contribution < 1.29 is 71.5 Å². The maximum Gasteiger partial charge on any atom is 0.333 e. The average Bonchev–Trinajstić information content (AvgIpc) is 3.10. The van der Waals surface area contributed by atoms with E-state index in [1.54, 1.807) is 0 Å². The Hall–Kier alpha value is -5.05. The molecule has 0 heterocycles. The van der Waals surface area contributed by atoms with Gasteiger partial charge in [0.25, 0.3) is 0 Å². The van der Waals surface area contributed by atoms with E-state index < -0.39 is 116 Å². The van der Waals surface area contributed by atoms with E-state index in [1.165, 1.54) is 69.4 Å². The maximum atomic E-state index is 13.6. The highest BCUT2D eigenvalue weighted by Crippen LogP contribution is 2.41. The number of hydrogen-bond acceptors (Lipinski definition) is 15. The highest BCUT2D eigenvalue weighted by atomic mass is 16.6. The summed E-state index contributed by atoms with van der Waals surface area (Å²) in [5.74, 6) is -5.64. The molecule has 0 aromatic carbocycles. The molecule has 0 radical (unpaired) electrons. The van der Waals surface area contributed by atoms with E-state index in [1.807, 2.05) is 0 Å². The third kappa shape index (κ3) is 14.8. The molecule has 0 unspecified atom stereocenters. The van der Waals surface area contributed by atoms with Crippen LogP contribution in [0.4, 0.5) is 0 Å². The fourth-order valence-electron chi connectivity index (χ4n) is 3.86. The molecule has 0 amide bonds. The molecule has 0 rings (SSSR count). The standard InChI is InChI=1S/C39H56O15/c1-24(2)29(40)49-18-38(19-50-30(41)25(3)4,20-51-31(42)26(5)6)16-48-17-39(21-52-32(43)27(7)8,22-53-33(44)28(9)10)23-54-35(46)37(13,14)36(11,12)34(45)47-15/h1,3,5,7,9,16-23H2,2,4,6,8,10-15H3. The fourth-order valence-corrected chi connectivity index (χ4v) is 3.86. The Kier molecular flexibility index (Phi) is 19.0. The molecule has 0 atom stereocenters. The van der Waals surface area contributed by atoms with Crippen LogP contribution in [0.15, 0.2) is 60.8 Å². The van der Waals surface area contributed by atoms with Crippen LogP contribution in [0, 0.1) is 21.7 Å². The van der Waals surface area contributed by atoms with Crippen LogP contribution < -0.4 is 0 Å². The Bertz CT molecular complexity index is 1410. The summed E-state index contributed by atoms with van der Waals surface area (Å²) >= 11 is 0. The summed E-state index contributed by atoms with van der Waals surface area (Å²) in [5.41, 5.74) is -5.91. The lowest BCUT2D eigenvalue weighted by Gasteiger charge is -2.39. The molecule has 0 aromatic heterocycles. The van der Waals surface area contributed by atoms with Crippen LogP contribution in [0.1, 0.15) is 62.3 Å².